The Labute approximate surface area is 245 Å². The maximum atomic E-state index is 6.64. The van der Waals surface area contributed by atoms with E-state index in [0.29, 0.717) is 0 Å². The van der Waals surface area contributed by atoms with Crippen LogP contribution in [0.1, 0.15) is 0 Å². The zero-order chi connectivity index (χ0) is 28.1. The molecule has 43 heavy (non-hydrogen) atoms. The summed E-state index contributed by atoms with van der Waals surface area (Å²) in [4.78, 5) is 0. The van der Waals surface area contributed by atoms with Crippen molar-refractivity contribution in [3.63, 3.8) is 0 Å². The largest absolute Gasteiger partial charge is 0.456 e. The molecule has 0 fully saturated rings. The summed E-state index contributed by atoms with van der Waals surface area (Å²) in [6.45, 7) is 0. The molecule has 3 aromatic heterocycles. The van der Waals surface area contributed by atoms with Gasteiger partial charge >= 0.3 is 0 Å². The molecule has 0 saturated heterocycles. The predicted molar refractivity (Wildman–Crippen MR) is 177 cm³/mol. The van der Waals surface area contributed by atoms with Crippen molar-refractivity contribution in [2.45, 2.75) is 0 Å². The minimum atomic E-state index is 0.816. The highest BCUT2D eigenvalue weighted by atomic mass is 16.3. The van der Waals surface area contributed by atoms with E-state index in [2.05, 4.69) is 103 Å². The Hall–Kier alpha value is -5.80. The van der Waals surface area contributed by atoms with E-state index in [9.17, 15) is 0 Å². The van der Waals surface area contributed by atoms with Gasteiger partial charge in [-0.05, 0) is 69.1 Å². The van der Waals surface area contributed by atoms with Crippen LogP contribution >= 0.6 is 0 Å². The summed E-state index contributed by atoms with van der Waals surface area (Å²) >= 11 is 0. The number of benzene rings is 7. The maximum Gasteiger partial charge on any atom is 0.139 e. The van der Waals surface area contributed by atoms with Crippen molar-refractivity contribution >= 4 is 76.4 Å². The van der Waals surface area contributed by atoms with E-state index < -0.39 is 0 Å². The van der Waals surface area contributed by atoms with Crippen molar-refractivity contribution in [2.75, 3.05) is 0 Å². The number of rotatable bonds is 2. The molecule has 0 radical (unpaired) electrons. The first-order valence-electron chi connectivity index (χ1n) is 14.5. The maximum absolute atomic E-state index is 6.64. The number of para-hydroxylation sites is 2. The van der Waals surface area contributed by atoms with E-state index in [1.54, 1.807) is 0 Å². The lowest BCUT2D eigenvalue weighted by Gasteiger charge is -2.16. The van der Waals surface area contributed by atoms with Crippen LogP contribution in [0.2, 0.25) is 0 Å². The number of hydrogen-bond donors (Lipinski definition) is 0. The molecule has 0 aliphatic heterocycles. The average Bonchev–Trinajstić information content (AvgIpc) is 3.74. The van der Waals surface area contributed by atoms with Crippen molar-refractivity contribution in [3.05, 3.63) is 133 Å². The van der Waals surface area contributed by atoms with Gasteiger partial charge in [-0.3, -0.25) is 0 Å². The Kier molecular flexibility index (Phi) is 4.45. The fraction of sp³-hybridized carbons (Fsp3) is 0. The van der Waals surface area contributed by atoms with Gasteiger partial charge in [-0.25, -0.2) is 0 Å². The van der Waals surface area contributed by atoms with Gasteiger partial charge < -0.3 is 13.3 Å². The Morgan fingerprint density at radius 1 is 0.302 bits per heavy atom. The van der Waals surface area contributed by atoms with Gasteiger partial charge in [0.15, 0.2) is 0 Å². The summed E-state index contributed by atoms with van der Waals surface area (Å²) in [6.07, 6.45) is 0. The SMILES string of the molecule is c1ccc2c(c1)oc1ccc(-c3c4ccccc4c(-c4cc5cc6c(cc5o4)oc4ccccc46)c4ccccc34)cc12. The molecule has 0 N–H and O–H groups in total. The Morgan fingerprint density at radius 3 is 1.47 bits per heavy atom. The van der Waals surface area contributed by atoms with Gasteiger partial charge in [0, 0.05) is 38.6 Å². The standard InChI is InChI=1S/C40H22O3/c1-3-13-29-27(11-1)39(23-17-18-35-31(19-23)25-9-5-7-15-33(25)41-35)28-12-2-4-14-30(28)40(29)38-21-24-20-32-26-10-6-8-16-34(26)42-37(32)22-36(24)43-38/h1-22H. The second-order valence-electron chi connectivity index (χ2n) is 11.2. The highest BCUT2D eigenvalue weighted by Crippen LogP contribution is 2.46. The topological polar surface area (TPSA) is 39.4 Å². The molecule has 0 amide bonds. The second kappa shape index (κ2) is 8.37. The summed E-state index contributed by atoms with van der Waals surface area (Å²) in [6, 6.07) is 46.7. The molecule has 3 heterocycles. The van der Waals surface area contributed by atoms with Crippen LogP contribution in [0.4, 0.5) is 0 Å². The minimum absolute atomic E-state index is 0.816. The van der Waals surface area contributed by atoms with Crippen LogP contribution in [0.5, 0.6) is 0 Å². The Morgan fingerprint density at radius 2 is 0.814 bits per heavy atom. The first-order chi connectivity index (χ1) is 21.3. The van der Waals surface area contributed by atoms with Crippen molar-refractivity contribution in [1.29, 1.82) is 0 Å². The molecule has 0 aliphatic rings. The summed E-state index contributed by atoms with van der Waals surface area (Å²) in [5, 5.41) is 10.2. The van der Waals surface area contributed by atoms with Gasteiger partial charge in [-0.15, -0.1) is 0 Å². The fourth-order valence-corrected chi connectivity index (χ4v) is 6.97. The zero-order valence-corrected chi connectivity index (χ0v) is 22.9. The van der Waals surface area contributed by atoms with Crippen LogP contribution in [0.15, 0.2) is 147 Å². The second-order valence-corrected chi connectivity index (χ2v) is 11.2. The minimum Gasteiger partial charge on any atom is -0.456 e. The molecule has 7 aromatic carbocycles. The third-order valence-electron chi connectivity index (χ3n) is 8.86. The average molecular weight is 551 g/mol. The van der Waals surface area contributed by atoms with Crippen LogP contribution in [0.25, 0.3) is 98.8 Å². The Bertz CT molecular complexity index is 2680. The lowest BCUT2D eigenvalue weighted by Crippen LogP contribution is -1.89. The fourth-order valence-electron chi connectivity index (χ4n) is 6.97. The molecule has 3 nitrogen and oxygen atoms in total. The van der Waals surface area contributed by atoms with Gasteiger partial charge in [0.1, 0.15) is 33.7 Å². The molecule has 10 aromatic rings. The molecule has 3 heteroatoms. The molecule has 0 aliphatic carbocycles. The van der Waals surface area contributed by atoms with Crippen molar-refractivity contribution in [2.24, 2.45) is 0 Å². The number of furan rings is 3. The molecular weight excluding hydrogens is 528 g/mol. The van der Waals surface area contributed by atoms with E-state index in [1.165, 1.54) is 16.3 Å². The summed E-state index contributed by atoms with van der Waals surface area (Å²) < 4.78 is 19.0. The molecule has 10 rings (SSSR count). The zero-order valence-electron chi connectivity index (χ0n) is 22.9. The van der Waals surface area contributed by atoms with Gasteiger partial charge in [0.25, 0.3) is 0 Å². The van der Waals surface area contributed by atoms with E-state index in [0.717, 1.165) is 82.5 Å². The molecular formula is C40H22O3. The monoisotopic (exact) mass is 550 g/mol. The summed E-state index contributed by atoms with van der Waals surface area (Å²) in [5.74, 6) is 0.849. The molecule has 0 spiro atoms. The smallest absolute Gasteiger partial charge is 0.139 e. The van der Waals surface area contributed by atoms with Gasteiger partial charge in [-0.2, -0.15) is 0 Å². The van der Waals surface area contributed by atoms with Crippen molar-refractivity contribution in [1.82, 2.24) is 0 Å². The molecule has 0 atom stereocenters. The van der Waals surface area contributed by atoms with E-state index in [-0.39, 0.29) is 0 Å². The van der Waals surface area contributed by atoms with E-state index >= 15 is 0 Å². The summed E-state index contributed by atoms with van der Waals surface area (Å²) in [5.41, 5.74) is 7.82. The first kappa shape index (κ1) is 22.8. The van der Waals surface area contributed by atoms with Crippen LogP contribution in [-0.2, 0) is 0 Å². The van der Waals surface area contributed by atoms with E-state index in [4.69, 9.17) is 13.3 Å². The van der Waals surface area contributed by atoms with E-state index in [1.807, 2.05) is 30.3 Å². The van der Waals surface area contributed by atoms with Crippen LogP contribution in [0.3, 0.4) is 0 Å². The molecule has 0 unspecified atom stereocenters. The highest BCUT2D eigenvalue weighted by molar-refractivity contribution is 6.22. The first-order valence-corrected chi connectivity index (χ1v) is 14.5. The number of fused-ring (bicyclic) bond motifs is 9. The lowest BCUT2D eigenvalue weighted by atomic mass is 9.87. The summed E-state index contributed by atoms with van der Waals surface area (Å²) in [7, 11) is 0. The van der Waals surface area contributed by atoms with Gasteiger partial charge in [-0.1, -0.05) is 91.0 Å². The molecule has 0 saturated carbocycles. The van der Waals surface area contributed by atoms with Gasteiger partial charge in [0.2, 0.25) is 0 Å². The third-order valence-corrected chi connectivity index (χ3v) is 8.86. The van der Waals surface area contributed by atoms with Crippen molar-refractivity contribution in [3.8, 4) is 22.5 Å². The lowest BCUT2D eigenvalue weighted by molar-refractivity contribution is 0.629. The Balaban J connectivity index is 1.26. The van der Waals surface area contributed by atoms with Crippen LogP contribution in [0, 0.1) is 0 Å². The van der Waals surface area contributed by atoms with Crippen LogP contribution < -0.4 is 0 Å². The van der Waals surface area contributed by atoms with Crippen molar-refractivity contribution < 1.29 is 13.3 Å². The molecule has 200 valence electrons. The third kappa shape index (κ3) is 3.19. The number of hydrogen-bond acceptors (Lipinski definition) is 3. The molecule has 0 bridgehead atoms. The quantitative estimate of drug-likeness (QED) is 0.201. The predicted octanol–water partition coefficient (Wildman–Crippen LogP) is 11.9. The normalized spacial score (nSPS) is 12.2. The van der Waals surface area contributed by atoms with Crippen LogP contribution in [-0.4, -0.2) is 0 Å². The van der Waals surface area contributed by atoms with Gasteiger partial charge in [0.05, 0.1) is 0 Å². The highest BCUT2D eigenvalue weighted by Gasteiger charge is 2.20.